The molecule has 0 aliphatic heterocycles. The normalized spacial score (nSPS) is 14.8. The topological polar surface area (TPSA) is 96.0 Å². The van der Waals surface area contributed by atoms with Crippen LogP contribution < -0.4 is 14.4 Å². The van der Waals surface area contributed by atoms with E-state index in [1.165, 1.54) is 12.0 Å². The molecule has 2 amide bonds. The van der Waals surface area contributed by atoms with E-state index in [1.807, 2.05) is 6.92 Å². The minimum atomic E-state index is -3.81. The maximum atomic E-state index is 13.7. The molecule has 0 aromatic heterocycles. The minimum absolute atomic E-state index is 0.100. The summed E-state index contributed by atoms with van der Waals surface area (Å²) in [7, 11) is -2.33. The van der Waals surface area contributed by atoms with Gasteiger partial charge in [-0.25, -0.2) is 8.42 Å². The highest BCUT2D eigenvalue weighted by Gasteiger charge is 2.33. The third-order valence-corrected chi connectivity index (χ3v) is 7.77. The zero-order chi connectivity index (χ0) is 26.3. The number of benzene rings is 2. The molecule has 3 rings (SSSR count). The molecule has 0 saturated heterocycles. The van der Waals surface area contributed by atoms with Crippen LogP contribution in [0.25, 0.3) is 0 Å². The number of hydrogen-bond donors (Lipinski definition) is 1. The lowest BCUT2D eigenvalue weighted by Crippen LogP contribution is -2.53. The second kappa shape index (κ2) is 12.5. The van der Waals surface area contributed by atoms with Crippen molar-refractivity contribution in [3.8, 4) is 5.75 Å². The van der Waals surface area contributed by atoms with E-state index in [2.05, 4.69) is 5.32 Å². The zero-order valence-corrected chi connectivity index (χ0v) is 22.5. The summed E-state index contributed by atoms with van der Waals surface area (Å²) in [5, 5.41) is 3.65. The molecule has 0 bridgehead atoms. The first-order valence-electron chi connectivity index (χ1n) is 12.1. The first-order chi connectivity index (χ1) is 17.1. The van der Waals surface area contributed by atoms with Gasteiger partial charge in [0.1, 0.15) is 18.3 Å². The predicted octanol–water partition coefficient (Wildman–Crippen LogP) is 3.98. The monoisotopic (exact) mass is 535 g/mol. The smallest absolute Gasteiger partial charge is 0.244 e. The van der Waals surface area contributed by atoms with Gasteiger partial charge in [-0.1, -0.05) is 49.6 Å². The second-order valence-electron chi connectivity index (χ2n) is 9.03. The molecule has 1 aliphatic rings. The highest BCUT2D eigenvalue weighted by atomic mass is 35.5. The number of hydrogen-bond acceptors (Lipinski definition) is 5. The van der Waals surface area contributed by atoms with Crippen LogP contribution in [0.3, 0.4) is 0 Å². The molecule has 1 atom stereocenters. The van der Waals surface area contributed by atoms with E-state index in [-0.39, 0.29) is 18.5 Å². The van der Waals surface area contributed by atoms with Crippen molar-refractivity contribution in [3.05, 3.63) is 59.1 Å². The van der Waals surface area contributed by atoms with E-state index >= 15 is 0 Å². The number of nitrogens with zero attached hydrogens (tertiary/aromatic N) is 2. The number of rotatable bonds is 11. The van der Waals surface area contributed by atoms with Gasteiger partial charge in [-0.15, -0.1) is 0 Å². The number of carbonyl (C=O) groups excluding carboxylic acids is 2. The van der Waals surface area contributed by atoms with E-state index in [9.17, 15) is 18.0 Å². The molecule has 1 N–H and O–H groups in total. The average Bonchev–Trinajstić information content (AvgIpc) is 3.35. The molecule has 0 spiro atoms. The number of halogens is 1. The van der Waals surface area contributed by atoms with Crippen LogP contribution in [0.2, 0.25) is 5.02 Å². The van der Waals surface area contributed by atoms with Gasteiger partial charge in [-0.2, -0.15) is 0 Å². The molecule has 0 radical (unpaired) electrons. The van der Waals surface area contributed by atoms with Gasteiger partial charge < -0.3 is 15.0 Å². The van der Waals surface area contributed by atoms with Crippen LogP contribution in [-0.4, -0.2) is 57.1 Å². The summed E-state index contributed by atoms with van der Waals surface area (Å²) < 4.78 is 31.7. The highest BCUT2D eigenvalue weighted by molar-refractivity contribution is 7.92. The van der Waals surface area contributed by atoms with E-state index < -0.39 is 28.5 Å². The Labute approximate surface area is 218 Å². The zero-order valence-electron chi connectivity index (χ0n) is 20.9. The third kappa shape index (κ3) is 7.36. The third-order valence-electron chi connectivity index (χ3n) is 6.37. The molecule has 2 aromatic carbocycles. The molecule has 1 aliphatic carbocycles. The number of methoxy groups -OCH3 is 1. The molecular formula is C26H34ClN3O5S. The SMILES string of the molecule is CCC(C(=O)NC1CCCC1)N(Cc1ccc(Cl)cc1)C(=O)CN(c1cccc(OC)c1)S(C)(=O)=O. The molecule has 1 saturated carbocycles. The van der Waals surface area contributed by atoms with Crippen LogP contribution in [0.5, 0.6) is 5.75 Å². The van der Waals surface area contributed by atoms with Crippen LogP contribution in [0.1, 0.15) is 44.6 Å². The molecule has 36 heavy (non-hydrogen) atoms. The molecule has 8 nitrogen and oxygen atoms in total. The van der Waals surface area contributed by atoms with Gasteiger partial charge in [0.2, 0.25) is 21.8 Å². The van der Waals surface area contributed by atoms with Gasteiger partial charge in [-0.05, 0) is 49.1 Å². The lowest BCUT2D eigenvalue weighted by molar-refractivity contribution is -0.140. The van der Waals surface area contributed by atoms with Crippen LogP contribution in [0, 0.1) is 0 Å². The average molecular weight is 536 g/mol. The summed E-state index contributed by atoms with van der Waals surface area (Å²) in [5.74, 6) is -0.236. The van der Waals surface area contributed by atoms with Gasteiger partial charge in [-0.3, -0.25) is 13.9 Å². The number of amides is 2. The molecule has 10 heteroatoms. The lowest BCUT2D eigenvalue weighted by atomic mass is 10.1. The Hall–Kier alpha value is -2.78. The maximum absolute atomic E-state index is 13.7. The quantitative estimate of drug-likeness (QED) is 0.469. The lowest BCUT2D eigenvalue weighted by Gasteiger charge is -2.33. The maximum Gasteiger partial charge on any atom is 0.244 e. The van der Waals surface area contributed by atoms with Crippen LogP contribution in [0.4, 0.5) is 5.69 Å². The summed E-state index contributed by atoms with van der Waals surface area (Å²) in [5.41, 5.74) is 1.09. The van der Waals surface area contributed by atoms with Crippen molar-refractivity contribution in [2.75, 3.05) is 24.2 Å². The summed E-state index contributed by atoms with van der Waals surface area (Å²) in [6.07, 6.45) is 5.41. The fourth-order valence-electron chi connectivity index (χ4n) is 4.45. The highest BCUT2D eigenvalue weighted by Crippen LogP contribution is 2.24. The Bertz CT molecular complexity index is 1150. The van der Waals surface area contributed by atoms with E-state index in [0.29, 0.717) is 22.9 Å². The fourth-order valence-corrected chi connectivity index (χ4v) is 5.42. The summed E-state index contributed by atoms with van der Waals surface area (Å²) in [6, 6.07) is 12.9. The predicted molar refractivity (Wildman–Crippen MR) is 142 cm³/mol. The van der Waals surface area contributed by atoms with Crippen LogP contribution in [0.15, 0.2) is 48.5 Å². The van der Waals surface area contributed by atoms with E-state index in [0.717, 1.165) is 41.8 Å². The molecule has 196 valence electrons. The molecule has 2 aromatic rings. The van der Waals surface area contributed by atoms with Crippen molar-refractivity contribution in [3.63, 3.8) is 0 Å². The first-order valence-corrected chi connectivity index (χ1v) is 14.3. The van der Waals surface area contributed by atoms with E-state index in [1.54, 1.807) is 48.5 Å². The van der Waals surface area contributed by atoms with Crippen LogP contribution in [-0.2, 0) is 26.2 Å². The van der Waals surface area contributed by atoms with Gasteiger partial charge in [0.15, 0.2) is 0 Å². The Kier molecular flexibility index (Phi) is 9.62. The fraction of sp³-hybridized carbons (Fsp3) is 0.462. The number of nitrogens with one attached hydrogen (secondary N) is 1. The molecule has 1 unspecified atom stereocenters. The van der Waals surface area contributed by atoms with Crippen molar-refractivity contribution in [1.82, 2.24) is 10.2 Å². The molecule has 0 heterocycles. The van der Waals surface area contributed by atoms with E-state index in [4.69, 9.17) is 16.3 Å². The Morgan fingerprint density at radius 2 is 1.81 bits per heavy atom. The number of carbonyl (C=O) groups is 2. The van der Waals surface area contributed by atoms with Crippen molar-refractivity contribution >= 4 is 39.1 Å². The first kappa shape index (κ1) is 27.8. The molecular weight excluding hydrogens is 502 g/mol. The minimum Gasteiger partial charge on any atom is -0.497 e. The van der Waals surface area contributed by atoms with Crippen molar-refractivity contribution in [2.45, 2.75) is 57.7 Å². The van der Waals surface area contributed by atoms with Crippen molar-refractivity contribution in [1.29, 1.82) is 0 Å². The number of anilines is 1. The second-order valence-corrected chi connectivity index (χ2v) is 11.4. The number of sulfonamides is 1. The largest absolute Gasteiger partial charge is 0.497 e. The van der Waals surface area contributed by atoms with Gasteiger partial charge in [0.25, 0.3) is 0 Å². The van der Waals surface area contributed by atoms with Crippen molar-refractivity contribution in [2.24, 2.45) is 0 Å². The van der Waals surface area contributed by atoms with Crippen LogP contribution >= 0.6 is 11.6 Å². The van der Waals surface area contributed by atoms with Crippen molar-refractivity contribution < 1.29 is 22.7 Å². The Balaban J connectivity index is 1.92. The Morgan fingerprint density at radius 3 is 2.39 bits per heavy atom. The number of ether oxygens (including phenoxy) is 1. The Morgan fingerprint density at radius 1 is 1.14 bits per heavy atom. The summed E-state index contributed by atoms with van der Waals surface area (Å²) >= 11 is 6.03. The summed E-state index contributed by atoms with van der Waals surface area (Å²) in [4.78, 5) is 28.5. The standard InChI is InChI=1S/C26H34ClN3O5S/c1-4-24(26(32)28-21-8-5-6-9-21)29(17-19-12-14-20(27)15-13-19)25(31)18-30(36(3,33)34)22-10-7-11-23(16-22)35-2/h7,10-16,21,24H,4-6,8-9,17-18H2,1-3H3,(H,28,32). The van der Waals surface area contributed by atoms with Gasteiger partial charge in [0, 0.05) is 23.7 Å². The molecule has 1 fully saturated rings. The summed E-state index contributed by atoms with van der Waals surface area (Å²) in [6.45, 7) is 1.53. The van der Waals surface area contributed by atoms with Gasteiger partial charge in [0.05, 0.1) is 19.1 Å². The van der Waals surface area contributed by atoms with Gasteiger partial charge >= 0.3 is 0 Å².